The Morgan fingerprint density at radius 1 is 1.14 bits per heavy atom. The van der Waals surface area contributed by atoms with E-state index >= 15 is 0 Å². The molecule has 0 radical (unpaired) electrons. The Kier molecular flexibility index (Phi) is 8.40. The molecule has 0 fully saturated rings. The quantitative estimate of drug-likeness (QED) is 0.240. The van der Waals surface area contributed by atoms with Crippen molar-refractivity contribution in [3.05, 3.63) is 24.1 Å². The van der Waals surface area contributed by atoms with Gasteiger partial charge >= 0.3 is 5.97 Å². The Hall–Kier alpha value is -0.816. The van der Waals surface area contributed by atoms with E-state index in [1.54, 1.807) is 0 Å². The lowest BCUT2D eigenvalue weighted by Crippen LogP contribution is -2.58. The molecule has 0 saturated carbocycles. The molecule has 22 heavy (non-hydrogen) atoms. The summed E-state index contributed by atoms with van der Waals surface area (Å²) in [7, 11) is -3.13. The zero-order valence-electron chi connectivity index (χ0n) is 15.9. The van der Waals surface area contributed by atoms with Gasteiger partial charge < -0.3 is 8.97 Å². The highest BCUT2D eigenvalue weighted by Crippen LogP contribution is 2.31. The van der Waals surface area contributed by atoms with Crippen LogP contribution in [0, 0.1) is 0 Å². The minimum absolute atomic E-state index is 0.239. The van der Waals surface area contributed by atoms with Crippen molar-refractivity contribution in [2.75, 3.05) is 0 Å². The molecule has 0 atom stereocenters. The Morgan fingerprint density at radius 2 is 1.64 bits per heavy atom. The van der Waals surface area contributed by atoms with Crippen LogP contribution in [0.1, 0.15) is 39.5 Å². The zero-order valence-corrected chi connectivity index (χ0v) is 17.9. The van der Waals surface area contributed by atoms with Crippen LogP contribution in [0.5, 0.6) is 0 Å². The van der Waals surface area contributed by atoms with Gasteiger partial charge in [0, 0.05) is 19.0 Å². The second kappa shape index (κ2) is 8.72. The number of allylic oxidation sites excluding steroid dienone is 2. The maximum atomic E-state index is 11.5. The maximum absolute atomic E-state index is 11.5. The summed E-state index contributed by atoms with van der Waals surface area (Å²) in [5.74, 6) is 0.567. The molecule has 0 N–H and O–H groups in total. The standard InChI is InChI=1S/C17H35NO2Si2/c1-10-12-14-16(17(13-11-2)20-15(3)19)18(21(4,5)6)22(7,8)9/h11H,2,10,12-14H2,1,3-9H3/b17-16-. The van der Waals surface area contributed by atoms with Crippen LogP contribution in [0.3, 0.4) is 0 Å². The third-order valence-corrected chi connectivity index (χ3v) is 10.5. The predicted molar refractivity (Wildman–Crippen MR) is 102 cm³/mol. The Balaban J connectivity index is 6.09. The molecule has 0 aromatic heterocycles. The van der Waals surface area contributed by atoms with Crippen molar-refractivity contribution in [1.29, 1.82) is 0 Å². The summed E-state index contributed by atoms with van der Waals surface area (Å²) in [5.41, 5.74) is 1.25. The molecule has 0 aliphatic carbocycles. The topological polar surface area (TPSA) is 29.5 Å². The van der Waals surface area contributed by atoms with Gasteiger partial charge in [0.15, 0.2) is 0 Å². The molecule has 0 aliphatic heterocycles. The van der Waals surface area contributed by atoms with Crippen molar-refractivity contribution in [3.63, 3.8) is 0 Å². The van der Waals surface area contributed by atoms with Gasteiger partial charge in [-0.25, -0.2) is 0 Å². The monoisotopic (exact) mass is 341 g/mol. The van der Waals surface area contributed by atoms with E-state index in [2.05, 4.69) is 57.0 Å². The SMILES string of the molecule is C=CC/C(OC(C)=O)=C(\CCCC)N([Si](C)(C)C)[Si](C)(C)C. The second-order valence-corrected chi connectivity index (χ2v) is 17.8. The van der Waals surface area contributed by atoms with E-state index in [-0.39, 0.29) is 5.97 Å². The van der Waals surface area contributed by atoms with Crippen molar-refractivity contribution in [3.8, 4) is 0 Å². The molecule has 0 aliphatic rings. The van der Waals surface area contributed by atoms with E-state index in [1.807, 2.05) is 6.08 Å². The number of hydrogen-bond acceptors (Lipinski definition) is 3. The van der Waals surface area contributed by atoms with E-state index in [4.69, 9.17) is 4.74 Å². The van der Waals surface area contributed by atoms with Crippen LogP contribution < -0.4 is 0 Å². The smallest absolute Gasteiger partial charge is 0.307 e. The van der Waals surface area contributed by atoms with E-state index < -0.39 is 16.5 Å². The summed E-state index contributed by atoms with van der Waals surface area (Å²) in [6.07, 6.45) is 5.67. The van der Waals surface area contributed by atoms with E-state index in [9.17, 15) is 4.79 Å². The molecule has 0 spiro atoms. The van der Waals surface area contributed by atoms with Crippen LogP contribution in [0.25, 0.3) is 0 Å². The molecule has 0 unspecified atom stereocenters. The predicted octanol–water partition coefficient (Wildman–Crippen LogP) is 5.50. The molecule has 5 heteroatoms. The number of unbranched alkanes of at least 4 members (excludes halogenated alkanes) is 1. The van der Waals surface area contributed by atoms with Crippen molar-refractivity contribution in [2.24, 2.45) is 0 Å². The first-order valence-corrected chi connectivity index (χ1v) is 15.2. The number of nitrogens with zero attached hydrogens (tertiary/aromatic N) is 1. The summed E-state index contributed by atoms with van der Waals surface area (Å²) >= 11 is 0. The number of ether oxygens (including phenoxy) is 1. The van der Waals surface area contributed by atoms with Gasteiger partial charge in [-0.2, -0.15) is 0 Å². The third-order valence-electron chi connectivity index (χ3n) is 3.30. The number of carbonyl (C=O) groups excluding carboxylic acids is 1. The minimum Gasteiger partial charge on any atom is -0.429 e. The molecule has 0 saturated heterocycles. The Morgan fingerprint density at radius 3 is 1.95 bits per heavy atom. The molecular weight excluding hydrogens is 306 g/mol. The molecule has 0 aromatic rings. The van der Waals surface area contributed by atoms with Gasteiger partial charge in [-0.15, -0.1) is 6.58 Å². The van der Waals surface area contributed by atoms with Crippen LogP contribution in [0.15, 0.2) is 24.1 Å². The summed E-state index contributed by atoms with van der Waals surface area (Å²) in [5, 5.41) is 0. The van der Waals surface area contributed by atoms with E-state index in [0.717, 1.165) is 25.0 Å². The molecule has 0 rings (SSSR count). The van der Waals surface area contributed by atoms with Gasteiger partial charge in [0.05, 0.1) is 0 Å². The second-order valence-electron chi connectivity index (χ2n) is 7.74. The highest BCUT2D eigenvalue weighted by Gasteiger charge is 2.37. The first-order chi connectivity index (χ1) is 9.95. The van der Waals surface area contributed by atoms with Gasteiger partial charge in [-0.3, -0.25) is 4.79 Å². The van der Waals surface area contributed by atoms with Gasteiger partial charge in [-0.05, 0) is 12.8 Å². The van der Waals surface area contributed by atoms with Gasteiger partial charge in [0.25, 0.3) is 0 Å². The molecule has 0 heterocycles. The zero-order chi connectivity index (χ0) is 17.6. The number of rotatable bonds is 9. The van der Waals surface area contributed by atoms with Crippen LogP contribution in [0.4, 0.5) is 0 Å². The molecular formula is C17H35NO2Si2. The highest BCUT2D eigenvalue weighted by atomic mass is 28.4. The van der Waals surface area contributed by atoms with E-state index in [0.29, 0.717) is 6.42 Å². The fourth-order valence-electron chi connectivity index (χ4n) is 3.06. The number of carbonyl (C=O) groups is 1. The Labute approximate surface area is 139 Å². The lowest BCUT2D eigenvalue weighted by atomic mass is 10.1. The van der Waals surface area contributed by atoms with Crippen LogP contribution in [-0.4, -0.2) is 26.7 Å². The summed E-state index contributed by atoms with van der Waals surface area (Å²) in [6.45, 7) is 21.7. The van der Waals surface area contributed by atoms with Gasteiger partial charge in [0.2, 0.25) is 0 Å². The largest absolute Gasteiger partial charge is 0.429 e. The average Bonchev–Trinajstić information content (AvgIpc) is 2.29. The van der Waals surface area contributed by atoms with Gasteiger partial charge in [-0.1, -0.05) is 58.7 Å². The fraction of sp³-hybridized carbons (Fsp3) is 0.706. The van der Waals surface area contributed by atoms with Crippen molar-refractivity contribution in [2.45, 2.75) is 78.8 Å². The highest BCUT2D eigenvalue weighted by molar-refractivity contribution is 6.90. The van der Waals surface area contributed by atoms with Crippen LogP contribution >= 0.6 is 0 Å². The molecule has 128 valence electrons. The number of esters is 1. The Bertz CT molecular complexity index is 403. The summed E-state index contributed by atoms with van der Waals surface area (Å²) in [6, 6.07) is 0. The summed E-state index contributed by atoms with van der Waals surface area (Å²) in [4.78, 5) is 11.5. The van der Waals surface area contributed by atoms with Gasteiger partial charge in [0.1, 0.15) is 22.2 Å². The van der Waals surface area contributed by atoms with Crippen LogP contribution in [0.2, 0.25) is 39.3 Å². The normalized spacial score (nSPS) is 13.5. The van der Waals surface area contributed by atoms with E-state index in [1.165, 1.54) is 12.6 Å². The van der Waals surface area contributed by atoms with Crippen molar-refractivity contribution >= 4 is 22.4 Å². The molecule has 0 amide bonds. The molecule has 0 bridgehead atoms. The van der Waals surface area contributed by atoms with Crippen LogP contribution in [-0.2, 0) is 9.53 Å². The lowest BCUT2D eigenvalue weighted by molar-refractivity contribution is -0.137. The molecule has 0 aromatic carbocycles. The third kappa shape index (κ3) is 6.96. The fourth-order valence-corrected chi connectivity index (χ4v) is 13.2. The molecule has 3 nitrogen and oxygen atoms in total. The maximum Gasteiger partial charge on any atom is 0.307 e. The minimum atomic E-state index is -1.57. The first-order valence-electron chi connectivity index (χ1n) is 8.26. The number of hydrogen-bond donors (Lipinski definition) is 0. The average molecular weight is 342 g/mol. The lowest BCUT2D eigenvalue weighted by Gasteiger charge is -2.48. The first kappa shape index (κ1) is 21.2. The van der Waals surface area contributed by atoms with Crippen molar-refractivity contribution < 1.29 is 9.53 Å². The van der Waals surface area contributed by atoms with Crippen molar-refractivity contribution in [1.82, 2.24) is 4.23 Å². The summed E-state index contributed by atoms with van der Waals surface area (Å²) < 4.78 is 8.26.